The highest BCUT2D eigenvalue weighted by Gasteiger charge is 2.17. The molecule has 0 heterocycles. The third-order valence-electron chi connectivity index (χ3n) is 3.30. The molecule has 0 aromatic heterocycles. The first-order valence-corrected chi connectivity index (χ1v) is 6.37. The van der Waals surface area contributed by atoms with Crippen molar-refractivity contribution < 1.29 is 8.78 Å². The van der Waals surface area contributed by atoms with Crippen LogP contribution >= 0.6 is 24.8 Å². The van der Waals surface area contributed by atoms with Crippen molar-refractivity contribution in [1.82, 2.24) is 0 Å². The number of halogens is 4. The van der Waals surface area contributed by atoms with E-state index in [0.717, 1.165) is 38.5 Å². The van der Waals surface area contributed by atoms with E-state index in [1.54, 1.807) is 0 Å². The number of rotatable bonds is 0. The highest BCUT2D eigenvalue weighted by atomic mass is 35.5. The van der Waals surface area contributed by atoms with Gasteiger partial charge in [-0.1, -0.05) is 0 Å². The molecule has 4 atom stereocenters. The van der Waals surface area contributed by atoms with Crippen LogP contribution in [0.4, 0.5) is 8.78 Å². The first-order chi connectivity index (χ1) is 7.58. The van der Waals surface area contributed by atoms with Crippen molar-refractivity contribution in [3.05, 3.63) is 0 Å². The van der Waals surface area contributed by atoms with Crippen molar-refractivity contribution in [3.63, 3.8) is 0 Å². The normalized spacial score (nSPS) is 35.3. The lowest BCUT2D eigenvalue weighted by Gasteiger charge is -2.19. The fourth-order valence-corrected chi connectivity index (χ4v) is 2.33. The van der Waals surface area contributed by atoms with Gasteiger partial charge in [0.2, 0.25) is 0 Å². The maximum atomic E-state index is 12.4. The lowest BCUT2D eigenvalue weighted by atomic mass is 9.95. The summed E-state index contributed by atoms with van der Waals surface area (Å²) in [6.07, 6.45) is 5.38. The van der Waals surface area contributed by atoms with Crippen molar-refractivity contribution in [2.45, 2.75) is 75.8 Å². The molecule has 0 saturated heterocycles. The van der Waals surface area contributed by atoms with E-state index >= 15 is 0 Å². The Hall–Kier alpha value is 0.360. The molecular weight excluding hydrogens is 281 g/mol. The van der Waals surface area contributed by atoms with Crippen LogP contribution in [-0.2, 0) is 0 Å². The summed E-state index contributed by atoms with van der Waals surface area (Å²) in [6.45, 7) is 0. The van der Waals surface area contributed by atoms with Crippen LogP contribution in [-0.4, -0.2) is 24.4 Å². The maximum Gasteiger partial charge on any atom is 0.102 e. The lowest BCUT2D eigenvalue weighted by molar-refractivity contribution is 0.232. The van der Waals surface area contributed by atoms with Gasteiger partial charge in [0.1, 0.15) is 12.3 Å². The summed E-state index contributed by atoms with van der Waals surface area (Å²) in [7, 11) is 0. The monoisotopic (exact) mass is 306 g/mol. The van der Waals surface area contributed by atoms with Gasteiger partial charge >= 0.3 is 0 Å². The molecule has 0 aromatic carbocycles. The largest absolute Gasteiger partial charge is 0.328 e. The summed E-state index contributed by atoms with van der Waals surface area (Å²) >= 11 is 0. The maximum absolute atomic E-state index is 12.4. The predicted octanol–water partition coefficient (Wildman–Crippen LogP) is 3.30. The van der Waals surface area contributed by atoms with Crippen molar-refractivity contribution in [2.24, 2.45) is 11.5 Å². The Balaban J connectivity index is 0. The Morgan fingerprint density at radius 2 is 1.00 bits per heavy atom. The summed E-state index contributed by atoms with van der Waals surface area (Å²) in [5, 5.41) is 0. The third kappa shape index (κ3) is 9.31. The molecule has 0 radical (unpaired) electrons. The van der Waals surface area contributed by atoms with Crippen molar-refractivity contribution in [3.8, 4) is 0 Å². The topological polar surface area (TPSA) is 52.0 Å². The highest BCUT2D eigenvalue weighted by molar-refractivity contribution is 5.85. The standard InChI is InChI=1S/2C6H12FN.2ClH/c2*7-5-2-1-3-6(8)4-5;;/h2*5-6H,1-4,8H2;2*1H/t2*5-,6-;;/m10../s1. The Bertz CT molecular complexity index is 163. The van der Waals surface area contributed by atoms with Gasteiger partial charge in [0.15, 0.2) is 0 Å². The molecule has 2 fully saturated rings. The zero-order chi connectivity index (χ0) is 12.0. The molecule has 2 aliphatic carbocycles. The zero-order valence-corrected chi connectivity index (χ0v) is 12.3. The van der Waals surface area contributed by atoms with E-state index in [2.05, 4.69) is 0 Å². The average molecular weight is 307 g/mol. The quantitative estimate of drug-likeness (QED) is 0.721. The smallest absolute Gasteiger partial charge is 0.102 e. The molecule has 0 aromatic rings. The second-order valence-corrected chi connectivity index (χ2v) is 5.05. The third-order valence-corrected chi connectivity index (χ3v) is 3.30. The molecule has 2 aliphatic rings. The first-order valence-electron chi connectivity index (χ1n) is 6.37. The van der Waals surface area contributed by atoms with E-state index in [9.17, 15) is 8.78 Å². The fourth-order valence-electron chi connectivity index (χ4n) is 2.33. The van der Waals surface area contributed by atoms with Crippen LogP contribution in [0, 0.1) is 0 Å². The molecule has 0 unspecified atom stereocenters. The van der Waals surface area contributed by atoms with Gasteiger partial charge in [-0.2, -0.15) is 0 Å². The molecule has 112 valence electrons. The molecule has 0 bridgehead atoms. The minimum Gasteiger partial charge on any atom is -0.328 e. The Morgan fingerprint density at radius 1 is 0.667 bits per heavy atom. The average Bonchev–Trinajstić information content (AvgIpc) is 2.17. The second-order valence-electron chi connectivity index (χ2n) is 5.05. The van der Waals surface area contributed by atoms with Crippen molar-refractivity contribution in [2.75, 3.05) is 0 Å². The van der Waals surface area contributed by atoms with E-state index in [0.29, 0.717) is 12.8 Å². The molecule has 0 spiro atoms. The summed E-state index contributed by atoms with van der Waals surface area (Å²) < 4.78 is 24.7. The van der Waals surface area contributed by atoms with Crippen LogP contribution in [0.15, 0.2) is 0 Å². The van der Waals surface area contributed by atoms with Crippen LogP contribution < -0.4 is 11.5 Å². The Morgan fingerprint density at radius 3 is 1.17 bits per heavy atom. The molecule has 0 amide bonds. The van der Waals surface area contributed by atoms with Gasteiger partial charge in [-0.05, 0) is 51.4 Å². The van der Waals surface area contributed by atoms with E-state index in [-0.39, 0.29) is 36.9 Å². The summed E-state index contributed by atoms with van der Waals surface area (Å²) in [5.41, 5.74) is 11.0. The molecule has 0 aliphatic heterocycles. The van der Waals surface area contributed by atoms with Gasteiger partial charge in [-0.3, -0.25) is 0 Å². The number of alkyl halides is 2. The van der Waals surface area contributed by atoms with Crippen LogP contribution in [0.1, 0.15) is 51.4 Å². The molecule has 18 heavy (non-hydrogen) atoms. The first kappa shape index (κ1) is 20.7. The number of hydrogen-bond donors (Lipinski definition) is 2. The van der Waals surface area contributed by atoms with Gasteiger partial charge < -0.3 is 11.5 Å². The second kappa shape index (κ2) is 11.2. The van der Waals surface area contributed by atoms with Gasteiger partial charge in [-0.25, -0.2) is 8.78 Å². The van der Waals surface area contributed by atoms with E-state index < -0.39 is 12.3 Å². The number of hydrogen-bond acceptors (Lipinski definition) is 2. The van der Waals surface area contributed by atoms with E-state index in [1.165, 1.54) is 0 Å². The van der Waals surface area contributed by atoms with Crippen molar-refractivity contribution >= 4 is 24.8 Å². The molecule has 2 rings (SSSR count). The van der Waals surface area contributed by atoms with Gasteiger partial charge in [0.05, 0.1) is 0 Å². The minimum absolute atomic E-state index is 0. The fraction of sp³-hybridized carbons (Fsp3) is 1.00. The minimum atomic E-state index is -0.612. The predicted molar refractivity (Wildman–Crippen MR) is 77.2 cm³/mol. The summed E-state index contributed by atoms with van der Waals surface area (Å²) in [4.78, 5) is 0. The SMILES string of the molecule is Cl.Cl.N[C@@H]1CCC[C@@H](F)C1.N[C@H]1CCC[C@H](F)C1. The Kier molecular flexibility index (Phi) is 12.9. The lowest BCUT2D eigenvalue weighted by Crippen LogP contribution is -2.28. The molecule has 6 heteroatoms. The van der Waals surface area contributed by atoms with Gasteiger partial charge in [-0.15, -0.1) is 24.8 Å². The molecule has 2 saturated carbocycles. The zero-order valence-electron chi connectivity index (χ0n) is 10.7. The summed E-state index contributed by atoms with van der Waals surface area (Å²) in [6, 6.07) is 0.275. The van der Waals surface area contributed by atoms with E-state index in [4.69, 9.17) is 11.5 Å². The van der Waals surface area contributed by atoms with Gasteiger partial charge in [0, 0.05) is 12.1 Å². The van der Waals surface area contributed by atoms with Crippen LogP contribution in [0.25, 0.3) is 0 Å². The van der Waals surface area contributed by atoms with Crippen LogP contribution in [0.2, 0.25) is 0 Å². The van der Waals surface area contributed by atoms with Crippen LogP contribution in [0.3, 0.4) is 0 Å². The van der Waals surface area contributed by atoms with E-state index in [1.807, 2.05) is 0 Å². The van der Waals surface area contributed by atoms with Crippen molar-refractivity contribution in [1.29, 1.82) is 0 Å². The molecular formula is C12H26Cl2F2N2. The van der Waals surface area contributed by atoms with Crippen LogP contribution in [0.5, 0.6) is 0 Å². The molecule has 4 N–H and O–H groups in total. The summed E-state index contributed by atoms with van der Waals surface area (Å²) in [5.74, 6) is 0. The van der Waals surface area contributed by atoms with Gasteiger partial charge in [0.25, 0.3) is 0 Å². The Labute approximate surface area is 121 Å². The highest BCUT2D eigenvalue weighted by Crippen LogP contribution is 2.19. The number of nitrogens with two attached hydrogens (primary N) is 2. The molecule has 2 nitrogen and oxygen atoms in total.